The van der Waals surface area contributed by atoms with Crippen molar-refractivity contribution in [1.29, 1.82) is 0 Å². The smallest absolute Gasteiger partial charge is 0.305 e. The minimum atomic E-state index is -0.758. The summed E-state index contributed by atoms with van der Waals surface area (Å²) >= 11 is 0. The highest BCUT2D eigenvalue weighted by molar-refractivity contribution is 5.81. The maximum Gasteiger partial charge on any atom is 0.305 e. The van der Waals surface area contributed by atoms with E-state index in [1.807, 2.05) is 6.92 Å². The van der Waals surface area contributed by atoms with Crippen molar-refractivity contribution in [3.63, 3.8) is 0 Å². The Kier molecular flexibility index (Phi) is 2.99. The second-order valence-electron chi connectivity index (χ2n) is 4.96. The molecule has 0 bridgehead atoms. The van der Waals surface area contributed by atoms with E-state index in [9.17, 15) is 9.59 Å². The maximum atomic E-state index is 11.4. The van der Waals surface area contributed by atoms with Gasteiger partial charge >= 0.3 is 5.97 Å². The Bertz CT molecular complexity index is 312. The van der Waals surface area contributed by atoms with E-state index in [4.69, 9.17) is 5.11 Å². The SMILES string of the molecule is CC1CN(C2(CC(=O)O)CNC2)CCC1=O. The Hall–Kier alpha value is -0.940. The van der Waals surface area contributed by atoms with Crippen molar-refractivity contribution in [2.45, 2.75) is 25.3 Å². The van der Waals surface area contributed by atoms with Crippen LogP contribution in [-0.4, -0.2) is 53.5 Å². The lowest BCUT2D eigenvalue weighted by Gasteiger charge is -2.52. The molecule has 5 nitrogen and oxygen atoms in total. The maximum absolute atomic E-state index is 11.4. The van der Waals surface area contributed by atoms with Gasteiger partial charge in [-0.25, -0.2) is 0 Å². The molecule has 2 saturated heterocycles. The molecule has 1 atom stereocenters. The van der Waals surface area contributed by atoms with E-state index in [0.717, 1.165) is 13.1 Å². The topological polar surface area (TPSA) is 69.6 Å². The van der Waals surface area contributed by atoms with Crippen LogP contribution < -0.4 is 5.32 Å². The zero-order chi connectivity index (χ0) is 11.8. The molecule has 0 aromatic rings. The van der Waals surface area contributed by atoms with Gasteiger partial charge in [0.25, 0.3) is 0 Å². The molecule has 2 aliphatic heterocycles. The van der Waals surface area contributed by atoms with Crippen LogP contribution in [0.2, 0.25) is 0 Å². The number of piperidine rings is 1. The second kappa shape index (κ2) is 4.14. The van der Waals surface area contributed by atoms with Crippen LogP contribution in [0.5, 0.6) is 0 Å². The number of aliphatic carboxylic acids is 1. The molecule has 2 N–H and O–H groups in total. The molecule has 1 unspecified atom stereocenters. The van der Waals surface area contributed by atoms with Gasteiger partial charge in [-0.2, -0.15) is 0 Å². The van der Waals surface area contributed by atoms with Gasteiger partial charge in [-0.15, -0.1) is 0 Å². The van der Waals surface area contributed by atoms with Crippen molar-refractivity contribution in [1.82, 2.24) is 10.2 Å². The average Bonchev–Trinajstić information content (AvgIpc) is 2.16. The largest absolute Gasteiger partial charge is 0.481 e. The Balaban J connectivity index is 2.04. The van der Waals surface area contributed by atoms with Gasteiger partial charge in [0.05, 0.1) is 12.0 Å². The lowest BCUT2D eigenvalue weighted by atomic mass is 9.83. The predicted octanol–water partition coefficient (Wildman–Crippen LogP) is -0.286. The third-order valence-electron chi connectivity index (χ3n) is 3.73. The summed E-state index contributed by atoms with van der Waals surface area (Å²) in [5, 5.41) is 12.1. The van der Waals surface area contributed by atoms with Crippen molar-refractivity contribution >= 4 is 11.8 Å². The second-order valence-corrected chi connectivity index (χ2v) is 4.96. The number of hydrogen-bond donors (Lipinski definition) is 2. The standard InChI is InChI=1S/C11H18N2O3/c1-8-5-13(3-2-9(8)14)11(4-10(15)16)6-12-7-11/h8,12H,2-7H2,1H3,(H,15,16). The lowest BCUT2D eigenvalue weighted by molar-refractivity contribution is -0.143. The molecule has 0 aromatic heterocycles. The number of hydrogen-bond acceptors (Lipinski definition) is 4. The third-order valence-corrected chi connectivity index (χ3v) is 3.73. The Labute approximate surface area is 94.8 Å². The normalized spacial score (nSPS) is 29.8. The molecule has 2 fully saturated rings. The van der Waals surface area contributed by atoms with Crippen molar-refractivity contribution in [2.24, 2.45) is 5.92 Å². The van der Waals surface area contributed by atoms with E-state index in [1.165, 1.54) is 0 Å². The molecule has 2 rings (SSSR count). The van der Waals surface area contributed by atoms with Crippen LogP contribution in [0.4, 0.5) is 0 Å². The number of carboxylic acid groups (broad SMARTS) is 1. The first-order valence-electron chi connectivity index (χ1n) is 5.74. The number of nitrogens with one attached hydrogen (secondary N) is 1. The van der Waals surface area contributed by atoms with Gasteiger partial charge in [-0.3, -0.25) is 14.5 Å². The van der Waals surface area contributed by atoms with E-state index in [1.54, 1.807) is 0 Å². The number of carboxylic acids is 1. The van der Waals surface area contributed by atoms with Crippen molar-refractivity contribution in [3.8, 4) is 0 Å². The summed E-state index contributed by atoms with van der Waals surface area (Å²) in [7, 11) is 0. The van der Waals surface area contributed by atoms with Gasteiger partial charge in [0.15, 0.2) is 0 Å². The summed E-state index contributed by atoms with van der Waals surface area (Å²) < 4.78 is 0. The predicted molar refractivity (Wildman–Crippen MR) is 58.2 cm³/mol. The fourth-order valence-corrected chi connectivity index (χ4v) is 2.60. The van der Waals surface area contributed by atoms with Crippen LogP contribution in [0.3, 0.4) is 0 Å². The lowest BCUT2D eigenvalue weighted by Crippen LogP contribution is -2.71. The van der Waals surface area contributed by atoms with Gasteiger partial charge in [0, 0.05) is 38.5 Å². The molecular formula is C11H18N2O3. The molecule has 0 saturated carbocycles. The number of likely N-dealkylation sites (tertiary alicyclic amines) is 1. The quantitative estimate of drug-likeness (QED) is 0.692. The van der Waals surface area contributed by atoms with E-state index >= 15 is 0 Å². The van der Waals surface area contributed by atoms with Crippen LogP contribution in [0.1, 0.15) is 19.8 Å². The summed E-state index contributed by atoms with van der Waals surface area (Å²) in [5.74, 6) is -0.417. The first kappa shape index (κ1) is 11.5. The zero-order valence-electron chi connectivity index (χ0n) is 9.53. The van der Waals surface area contributed by atoms with Crippen LogP contribution in [0.25, 0.3) is 0 Å². The highest BCUT2D eigenvalue weighted by atomic mass is 16.4. The molecule has 0 radical (unpaired) electrons. The van der Waals surface area contributed by atoms with Gasteiger partial charge in [0.1, 0.15) is 5.78 Å². The minimum Gasteiger partial charge on any atom is -0.481 e. The van der Waals surface area contributed by atoms with Crippen LogP contribution >= 0.6 is 0 Å². The Morgan fingerprint density at radius 1 is 1.62 bits per heavy atom. The average molecular weight is 226 g/mol. The van der Waals surface area contributed by atoms with Gasteiger partial charge in [0.2, 0.25) is 0 Å². The molecule has 0 spiro atoms. The monoisotopic (exact) mass is 226 g/mol. The van der Waals surface area contributed by atoms with Crippen LogP contribution in [0, 0.1) is 5.92 Å². The highest BCUT2D eigenvalue weighted by Gasteiger charge is 2.46. The number of carbonyl (C=O) groups excluding carboxylic acids is 1. The highest BCUT2D eigenvalue weighted by Crippen LogP contribution is 2.28. The number of nitrogens with zero attached hydrogens (tertiary/aromatic N) is 1. The molecule has 0 amide bonds. The summed E-state index contributed by atoms with van der Waals surface area (Å²) in [5.41, 5.74) is -0.249. The summed E-state index contributed by atoms with van der Waals surface area (Å²) in [4.78, 5) is 24.5. The fraction of sp³-hybridized carbons (Fsp3) is 0.818. The van der Waals surface area contributed by atoms with Crippen LogP contribution in [-0.2, 0) is 9.59 Å². The number of carbonyl (C=O) groups is 2. The van der Waals surface area contributed by atoms with E-state index < -0.39 is 5.97 Å². The number of rotatable bonds is 3. The minimum absolute atomic E-state index is 0.0417. The van der Waals surface area contributed by atoms with E-state index in [-0.39, 0.29) is 17.9 Å². The molecule has 0 aromatic carbocycles. The first-order chi connectivity index (χ1) is 7.53. The summed E-state index contributed by atoms with van der Waals surface area (Å²) in [6.45, 7) is 4.78. The van der Waals surface area contributed by atoms with Crippen molar-refractivity contribution < 1.29 is 14.7 Å². The molecular weight excluding hydrogens is 208 g/mol. The van der Waals surface area contributed by atoms with Crippen molar-refractivity contribution in [2.75, 3.05) is 26.2 Å². The fourth-order valence-electron chi connectivity index (χ4n) is 2.60. The number of Topliss-reactive ketones (excluding diaryl/α,β-unsaturated/α-hetero) is 1. The van der Waals surface area contributed by atoms with Gasteiger partial charge < -0.3 is 10.4 Å². The first-order valence-corrected chi connectivity index (χ1v) is 5.74. The van der Waals surface area contributed by atoms with E-state index in [0.29, 0.717) is 25.3 Å². The molecule has 2 heterocycles. The zero-order valence-corrected chi connectivity index (χ0v) is 9.53. The molecule has 5 heteroatoms. The van der Waals surface area contributed by atoms with Crippen LogP contribution in [0.15, 0.2) is 0 Å². The van der Waals surface area contributed by atoms with E-state index in [2.05, 4.69) is 10.2 Å². The van der Waals surface area contributed by atoms with Crippen molar-refractivity contribution in [3.05, 3.63) is 0 Å². The summed E-state index contributed by atoms with van der Waals surface area (Å²) in [6.07, 6.45) is 0.726. The Morgan fingerprint density at radius 3 is 2.75 bits per heavy atom. The molecule has 16 heavy (non-hydrogen) atoms. The van der Waals surface area contributed by atoms with Gasteiger partial charge in [-0.1, -0.05) is 6.92 Å². The Morgan fingerprint density at radius 2 is 2.31 bits per heavy atom. The summed E-state index contributed by atoms with van der Waals surface area (Å²) in [6, 6.07) is 0. The van der Waals surface area contributed by atoms with Gasteiger partial charge in [-0.05, 0) is 0 Å². The third kappa shape index (κ3) is 1.97. The molecule has 90 valence electrons. The number of ketones is 1. The molecule has 2 aliphatic rings. The molecule has 0 aliphatic carbocycles.